The van der Waals surface area contributed by atoms with Crippen molar-refractivity contribution in [2.45, 2.75) is 38.9 Å². The van der Waals surface area contributed by atoms with E-state index in [-0.39, 0.29) is 5.78 Å². The van der Waals surface area contributed by atoms with Gasteiger partial charge in [0, 0.05) is 29.5 Å². The van der Waals surface area contributed by atoms with Crippen molar-refractivity contribution in [2.24, 2.45) is 0 Å². The molecule has 0 saturated heterocycles. The van der Waals surface area contributed by atoms with E-state index in [1.54, 1.807) is 0 Å². The van der Waals surface area contributed by atoms with Crippen LogP contribution in [0.4, 0.5) is 0 Å². The number of Topliss-reactive ketones (excluding diaryl/α,β-unsaturated/α-hetero) is 1. The first-order valence-electron chi connectivity index (χ1n) is 8.65. The Bertz CT molecular complexity index is 837. The molecule has 0 amide bonds. The van der Waals surface area contributed by atoms with Crippen LogP contribution in [0.2, 0.25) is 19.6 Å². The van der Waals surface area contributed by atoms with E-state index in [9.17, 15) is 4.79 Å². The summed E-state index contributed by atoms with van der Waals surface area (Å²) in [5.41, 5.74) is 5.80. The van der Waals surface area contributed by atoms with E-state index < -0.39 is 8.07 Å². The molecule has 0 radical (unpaired) electrons. The van der Waals surface area contributed by atoms with E-state index in [4.69, 9.17) is 0 Å². The van der Waals surface area contributed by atoms with Gasteiger partial charge in [-0.2, -0.15) is 0 Å². The first kappa shape index (κ1) is 18.8. The van der Waals surface area contributed by atoms with Gasteiger partial charge in [0.2, 0.25) is 0 Å². The van der Waals surface area contributed by atoms with E-state index >= 15 is 0 Å². The predicted molar refractivity (Wildman–Crippen MR) is 108 cm³/mol. The number of ketones is 1. The Morgan fingerprint density at radius 2 is 1.60 bits per heavy atom. The second-order valence-corrected chi connectivity index (χ2v) is 11.7. The second kappa shape index (κ2) is 9.07. The van der Waals surface area contributed by atoms with Crippen LogP contribution < -0.4 is 0 Å². The zero-order chi connectivity index (χ0) is 18.1. The maximum absolute atomic E-state index is 12.5. The molecular formula is C23H24OSi. The molecule has 0 heterocycles. The number of hydrogen-bond donors (Lipinski definition) is 0. The lowest BCUT2D eigenvalue weighted by atomic mass is 10.00. The summed E-state index contributed by atoms with van der Waals surface area (Å²) in [6.07, 6.45) is 2.11. The van der Waals surface area contributed by atoms with Gasteiger partial charge >= 0.3 is 0 Å². The summed E-state index contributed by atoms with van der Waals surface area (Å²) < 4.78 is 0. The SMILES string of the molecule is C[Si](C)(C)C#CCCCC(=O)c1ccccc1C#Cc1ccccc1. The van der Waals surface area contributed by atoms with E-state index in [2.05, 4.69) is 42.9 Å². The van der Waals surface area contributed by atoms with E-state index in [0.29, 0.717) is 12.0 Å². The Morgan fingerprint density at radius 3 is 2.32 bits per heavy atom. The molecule has 0 unspecified atom stereocenters. The highest BCUT2D eigenvalue weighted by atomic mass is 28.3. The molecule has 2 aromatic carbocycles. The summed E-state index contributed by atoms with van der Waals surface area (Å²) in [4.78, 5) is 12.5. The van der Waals surface area contributed by atoms with Gasteiger partial charge in [-0.3, -0.25) is 4.79 Å². The molecule has 0 aromatic heterocycles. The Morgan fingerprint density at radius 1 is 0.920 bits per heavy atom. The lowest BCUT2D eigenvalue weighted by Crippen LogP contribution is -2.16. The van der Waals surface area contributed by atoms with Crippen LogP contribution in [-0.2, 0) is 0 Å². The van der Waals surface area contributed by atoms with Crippen LogP contribution in [0.3, 0.4) is 0 Å². The molecule has 0 aliphatic carbocycles. The topological polar surface area (TPSA) is 17.1 Å². The minimum Gasteiger partial charge on any atom is -0.294 e. The van der Waals surface area contributed by atoms with Crippen LogP contribution in [0, 0.1) is 23.3 Å². The smallest absolute Gasteiger partial charge is 0.164 e. The van der Waals surface area contributed by atoms with Gasteiger partial charge in [0.15, 0.2) is 5.78 Å². The van der Waals surface area contributed by atoms with E-state index in [1.165, 1.54) is 0 Å². The van der Waals surface area contributed by atoms with Crippen molar-refractivity contribution in [2.75, 3.05) is 0 Å². The summed E-state index contributed by atoms with van der Waals surface area (Å²) in [5, 5.41) is 0. The zero-order valence-corrected chi connectivity index (χ0v) is 16.2. The highest BCUT2D eigenvalue weighted by Gasteiger charge is 2.10. The predicted octanol–water partition coefficient (Wildman–Crippen LogP) is 5.32. The first-order chi connectivity index (χ1) is 12.0. The number of unbranched alkanes of at least 4 members (excludes halogenated alkanes) is 1. The number of hydrogen-bond acceptors (Lipinski definition) is 1. The lowest BCUT2D eigenvalue weighted by molar-refractivity contribution is 0.0980. The highest BCUT2D eigenvalue weighted by molar-refractivity contribution is 6.83. The fraction of sp³-hybridized carbons (Fsp3) is 0.261. The maximum atomic E-state index is 12.5. The van der Waals surface area contributed by atoms with Crippen molar-refractivity contribution >= 4 is 13.9 Å². The molecule has 0 aliphatic heterocycles. The van der Waals surface area contributed by atoms with Gasteiger partial charge in [0.25, 0.3) is 0 Å². The highest BCUT2D eigenvalue weighted by Crippen LogP contribution is 2.12. The summed E-state index contributed by atoms with van der Waals surface area (Å²) in [7, 11) is -1.31. The first-order valence-corrected chi connectivity index (χ1v) is 12.1. The molecule has 0 aliphatic rings. The number of benzene rings is 2. The Kier molecular flexibility index (Phi) is 6.81. The van der Waals surface area contributed by atoms with Crippen molar-refractivity contribution in [3.8, 4) is 23.3 Å². The Hall–Kier alpha value is -2.55. The third-order valence-electron chi connectivity index (χ3n) is 3.51. The molecule has 25 heavy (non-hydrogen) atoms. The van der Waals surface area contributed by atoms with Gasteiger partial charge < -0.3 is 0 Å². The van der Waals surface area contributed by atoms with Crippen LogP contribution in [0.5, 0.6) is 0 Å². The number of carbonyl (C=O) groups is 1. The van der Waals surface area contributed by atoms with Crippen LogP contribution in [-0.4, -0.2) is 13.9 Å². The minimum absolute atomic E-state index is 0.146. The zero-order valence-electron chi connectivity index (χ0n) is 15.2. The molecule has 0 saturated carbocycles. The van der Waals surface area contributed by atoms with Gasteiger partial charge in [-0.1, -0.05) is 67.9 Å². The number of carbonyl (C=O) groups excluding carboxylic acids is 1. The molecule has 0 atom stereocenters. The Labute approximate surface area is 152 Å². The molecule has 1 nitrogen and oxygen atoms in total. The normalized spacial score (nSPS) is 10.2. The Balaban J connectivity index is 2.03. The van der Waals surface area contributed by atoms with Gasteiger partial charge in [-0.15, -0.1) is 11.5 Å². The summed E-state index contributed by atoms with van der Waals surface area (Å²) in [6.45, 7) is 6.69. The molecule has 0 spiro atoms. The van der Waals surface area contributed by atoms with Gasteiger partial charge in [-0.05, 0) is 24.6 Å². The van der Waals surface area contributed by atoms with Crippen LogP contribution >= 0.6 is 0 Å². The van der Waals surface area contributed by atoms with Crippen LogP contribution in [0.25, 0.3) is 0 Å². The molecule has 2 heteroatoms. The fourth-order valence-electron chi connectivity index (χ4n) is 2.30. The van der Waals surface area contributed by atoms with Crippen LogP contribution in [0.15, 0.2) is 54.6 Å². The van der Waals surface area contributed by atoms with Gasteiger partial charge in [0.05, 0.1) is 0 Å². The van der Waals surface area contributed by atoms with Crippen molar-refractivity contribution in [1.82, 2.24) is 0 Å². The van der Waals surface area contributed by atoms with Crippen LogP contribution in [0.1, 0.15) is 40.7 Å². The van der Waals surface area contributed by atoms with E-state index in [0.717, 1.165) is 24.0 Å². The second-order valence-electron chi connectivity index (χ2n) is 6.99. The van der Waals surface area contributed by atoms with Gasteiger partial charge in [-0.25, -0.2) is 0 Å². The third kappa shape index (κ3) is 6.84. The molecule has 0 fully saturated rings. The third-order valence-corrected chi connectivity index (χ3v) is 4.44. The molecule has 2 aromatic rings. The van der Waals surface area contributed by atoms with Crippen molar-refractivity contribution in [3.63, 3.8) is 0 Å². The molecule has 0 bridgehead atoms. The average molecular weight is 345 g/mol. The van der Waals surface area contributed by atoms with Crippen molar-refractivity contribution in [1.29, 1.82) is 0 Å². The quantitative estimate of drug-likeness (QED) is 0.317. The summed E-state index contributed by atoms with van der Waals surface area (Å²) in [6, 6.07) is 17.4. The molecular weight excluding hydrogens is 320 g/mol. The molecule has 0 N–H and O–H groups in total. The van der Waals surface area contributed by atoms with Crippen molar-refractivity contribution in [3.05, 3.63) is 71.3 Å². The molecule has 126 valence electrons. The minimum atomic E-state index is -1.31. The molecule has 2 rings (SSSR count). The fourth-order valence-corrected chi connectivity index (χ4v) is 2.95. The largest absolute Gasteiger partial charge is 0.294 e. The monoisotopic (exact) mass is 344 g/mol. The van der Waals surface area contributed by atoms with Crippen molar-refractivity contribution < 1.29 is 4.79 Å². The van der Waals surface area contributed by atoms with E-state index in [1.807, 2.05) is 54.6 Å². The lowest BCUT2D eigenvalue weighted by Gasteiger charge is -2.04. The maximum Gasteiger partial charge on any atom is 0.164 e. The average Bonchev–Trinajstić information content (AvgIpc) is 2.59. The summed E-state index contributed by atoms with van der Waals surface area (Å²) in [5.74, 6) is 9.64. The summed E-state index contributed by atoms with van der Waals surface area (Å²) >= 11 is 0. The number of rotatable bonds is 4. The van der Waals surface area contributed by atoms with Gasteiger partial charge in [0.1, 0.15) is 8.07 Å². The standard InChI is InChI=1S/C23H24OSi/c1-25(2,3)19-11-5-8-16-23(24)22-15-10-9-14-21(22)18-17-20-12-6-4-7-13-20/h4,6-7,9-10,12-15H,5,8,16H2,1-3H3.